The van der Waals surface area contributed by atoms with Gasteiger partial charge in [-0.05, 0) is 59.7 Å². The summed E-state index contributed by atoms with van der Waals surface area (Å²) in [6.07, 6.45) is -1.14. The van der Waals surface area contributed by atoms with Gasteiger partial charge in [0.2, 0.25) is 5.91 Å². The van der Waals surface area contributed by atoms with E-state index in [1.807, 2.05) is 84.9 Å². The van der Waals surface area contributed by atoms with E-state index in [1.54, 1.807) is 12.2 Å². The predicted octanol–water partition coefficient (Wildman–Crippen LogP) is 5.21. The number of nitrogens with zero attached hydrogens (tertiary/aromatic N) is 2. The van der Waals surface area contributed by atoms with Crippen molar-refractivity contribution in [3.8, 4) is 5.75 Å². The molecule has 4 aromatic rings. The van der Waals surface area contributed by atoms with Crippen LogP contribution in [-0.2, 0) is 19.8 Å². The molecule has 0 aliphatic carbocycles. The molecule has 6 rings (SSSR count). The molecule has 2 aliphatic heterocycles. The maximum absolute atomic E-state index is 14.6. The Kier molecular flexibility index (Phi) is 5.50. The number of para-hydroxylation sites is 1. The van der Waals surface area contributed by atoms with Gasteiger partial charge in [-0.15, -0.1) is 0 Å². The Hall–Kier alpha value is -4.49. The average Bonchev–Trinajstić information content (AvgIpc) is 3.41. The molecule has 0 saturated carbocycles. The number of fused-ring (bicyclic) bond motifs is 1. The average molecular weight is 495 g/mol. The van der Waals surface area contributed by atoms with E-state index in [0.29, 0.717) is 22.7 Å². The molecule has 0 radical (unpaired) electrons. The number of rotatable bonds is 5. The number of amides is 2. The standard InChI is InChI=1S/C30H23FN2O4/c1-36-25-18-12-20(13-19-25)26-30(21-8-4-2-5-9-21)27(37-33(26)24-10-6-3-7-11-24)28(34)32(29(30)35)23-16-14-22(31)15-17-23/h2-19,26-27H,1H3/t26-,27-,30+/m0/s1. The molecule has 2 fully saturated rings. The lowest BCUT2D eigenvalue weighted by Gasteiger charge is -2.35. The molecule has 7 heteroatoms. The Morgan fingerprint density at radius 1 is 0.784 bits per heavy atom. The number of hydrogen-bond donors (Lipinski definition) is 0. The van der Waals surface area contributed by atoms with Crippen molar-refractivity contribution < 1.29 is 23.6 Å². The fourth-order valence-corrected chi connectivity index (χ4v) is 5.41. The molecule has 0 N–H and O–H groups in total. The van der Waals surface area contributed by atoms with Crippen molar-refractivity contribution in [2.24, 2.45) is 0 Å². The van der Waals surface area contributed by atoms with Gasteiger partial charge in [0.1, 0.15) is 23.0 Å². The van der Waals surface area contributed by atoms with Crippen LogP contribution in [0.25, 0.3) is 0 Å². The summed E-state index contributed by atoms with van der Waals surface area (Å²) in [5.41, 5.74) is 1.03. The molecular weight excluding hydrogens is 471 g/mol. The van der Waals surface area contributed by atoms with Crippen molar-refractivity contribution in [2.75, 3.05) is 17.1 Å². The van der Waals surface area contributed by atoms with Gasteiger partial charge in [-0.3, -0.25) is 14.4 Å². The lowest BCUT2D eigenvalue weighted by atomic mass is 9.69. The van der Waals surface area contributed by atoms with E-state index in [9.17, 15) is 14.0 Å². The van der Waals surface area contributed by atoms with Crippen LogP contribution in [0, 0.1) is 5.82 Å². The van der Waals surface area contributed by atoms with Crippen molar-refractivity contribution in [2.45, 2.75) is 17.6 Å². The highest BCUT2D eigenvalue weighted by Gasteiger charge is 2.72. The summed E-state index contributed by atoms with van der Waals surface area (Å²) < 4.78 is 19.1. The second-order valence-corrected chi connectivity index (χ2v) is 9.01. The second kappa shape index (κ2) is 8.87. The molecule has 37 heavy (non-hydrogen) atoms. The molecule has 3 atom stereocenters. The topological polar surface area (TPSA) is 59.1 Å². The Morgan fingerprint density at radius 3 is 2.03 bits per heavy atom. The molecule has 184 valence electrons. The van der Waals surface area contributed by atoms with Gasteiger partial charge in [-0.25, -0.2) is 14.4 Å². The third-order valence-electron chi connectivity index (χ3n) is 7.08. The van der Waals surface area contributed by atoms with Crippen molar-refractivity contribution >= 4 is 23.2 Å². The van der Waals surface area contributed by atoms with Gasteiger partial charge in [0.25, 0.3) is 5.91 Å². The predicted molar refractivity (Wildman–Crippen MR) is 137 cm³/mol. The van der Waals surface area contributed by atoms with Crippen molar-refractivity contribution in [3.05, 3.63) is 126 Å². The minimum absolute atomic E-state index is 0.296. The number of anilines is 2. The van der Waals surface area contributed by atoms with E-state index < -0.39 is 35.2 Å². The van der Waals surface area contributed by atoms with Gasteiger partial charge in [-0.2, -0.15) is 0 Å². The van der Waals surface area contributed by atoms with Crippen LogP contribution >= 0.6 is 0 Å². The molecule has 6 nitrogen and oxygen atoms in total. The highest BCUT2D eigenvalue weighted by Crippen LogP contribution is 2.57. The van der Waals surface area contributed by atoms with Crippen molar-refractivity contribution in [1.82, 2.24) is 0 Å². The van der Waals surface area contributed by atoms with Gasteiger partial charge in [0, 0.05) is 0 Å². The molecule has 4 aromatic carbocycles. The van der Waals surface area contributed by atoms with Gasteiger partial charge < -0.3 is 4.74 Å². The zero-order valence-corrected chi connectivity index (χ0v) is 20.0. The minimum Gasteiger partial charge on any atom is -0.497 e. The molecule has 0 aromatic heterocycles. The van der Waals surface area contributed by atoms with Gasteiger partial charge >= 0.3 is 0 Å². The summed E-state index contributed by atoms with van der Waals surface area (Å²) in [6, 6.07) is 30.7. The number of methoxy groups -OCH3 is 1. The van der Waals surface area contributed by atoms with Crippen molar-refractivity contribution in [1.29, 1.82) is 0 Å². The first-order chi connectivity index (χ1) is 18.1. The van der Waals surface area contributed by atoms with E-state index in [0.717, 1.165) is 10.5 Å². The number of hydrogen-bond acceptors (Lipinski definition) is 5. The smallest absolute Gasteiger partial charge is 0.267 e. The van der Waals surface area contributed by atoms with Crippen LogP contribution in [0.4, 0.5) is 15.8 Å². The third kappa shape index (κ3) is 3.42. The number of ether oxygens (including phenoxy) is 1. The maximum atomic E-state index is 14.6. The van der Waals surface area contributed by atoms with Crippen LogP contribution in [0.5, 0.6) is 5.75 Å². The van der Waals surface area contributed by atoms with Gasteiger partial charge in [-0.1, -0.05) is 60.7 Å². The van der Waals surface area contributed by atoms with E-state index in [4.69, 9.17) is 9.57 Å². The number of carbonyl (C=O) groups excluding carboxylic acids is 2. The first-order valence-electron chi connectivity index (χ1n) is 11.9. The van der Waals surface area contributed by atoms with Crippen LogP contribution in [0.2, 0.25) is 0 Å². The normalized spacial score (nSPS) is 22.9. The minimum atomic E-state index is -1.41. The van der Waals surface area contributed by atoms with Crippen LogP contribution in [0.1, 0.15) is 17.2 Å². The number of hydroxylamine groups is 1. The largest absolute Gasteiger partial charge is 0.497 e. The van der Waals surface area contributed by atoms with Crippen LogP contribution in [0.3, 0.4) is 0 Å². The third-order valence-corrected chi connectivity index (χ3v) is 7.08. The first-order valence-corrected chi connectivity index (χ1v) is 11.9. The fourth-order valence-electron chi connectivity index (χ4n) is 5.41. The Bertz CT molecular complexity index is 1440. The van der Waals surface area contributed by atoms with Gasteiger partial charge in [0.15, 0.2) is 6.10 Å². The maximum Gasteiger partial charge on any atom is 0.267 e. The van der Waals surface area contributed by atoms with Crippen molar-refractivity contribution in [3.63, 3.8) is 0 Å². The van der Waals surface area contributed by atoms with Crippen LogP contribution in [0.15, 0.2) is 109 Å². The molecule has 0 unspecified atom stereocenters. The van der Waals surface area contributed by atoms with E-state index in [1.165, 1.54) is 24.3 Å². The van der Waals surface area contributed by atoms with Crippen LogP contribution < -0.4 is 14.7 Å². The Morgan fingerprint density at radius 2 is 1.41 bits per heavy atom. The highest BCUT2D eigenvalue weighted by molar-refractivity contribution is 6.28. The van der Waals surface area contributed by atoms with Gasteiger partial charge in [0.05, 0.1) is 18.5 Å². The number of halogens is 1. The molecule has 2 heterocycles. The fraction of sp³-hybridized carbons (Fsp3) is 0.133. The summed E-state index contributed by atoms with van der Waals surface area (Å²) in [7, 11) is 1.59. The van der Waals surface area contributed by atoms with Crippen LogP contribution in [-0.4, -0.2) is 25.0 Å². The highest BCUT2D eigenvalue weighted by atomic mass is 19.1. The van der Waals surface area contributed by atoms with E-state index in [-0.39, 0.29) is 0 Å². The quantitative estimate of drug-likeness (QED) is 0.357. The molecule has 2 saturated heterocycles. The number of benzene rings is 4. The number of carbonyl (C=O) groups is 2. The summed E-state index contributed by atoms with van der Waals surface area (Å²) in [6.45, 7) is 0. The Balaban J connectivity index is 1.60. The van der Waals surface area contributed by atoms with E-state index >= 15 is 0 Å². The summed E-state index contributed by atoms with van der Waals surface area (Å²) in [4.78, 5) is 36.1. The zero-order chi connectivity index (χ0) is 25.6. The zero-order valence-electron chi connectivity index (χ0n) is 20.0. The monoisotopic (exact) mass is 494 g/mol. The molecule has 0 spiro atoms. The molecular formula is C30H23FN2O4. The first kappa shape index (κ1) is 22.9. The molecule has 0 bridgehead atoms. The second-order valence-electron chi connectivity index (χ2n) is 9.01. The summed E-state index contributed by atoms with van der Waals surface area (Å²) in [5.74, 6) is -0.721. The lowest BCUT2D eigenvalue weighted by molar-refractivity contribution is -0.126. The molecule has 2 aliphatic rings. The summed E-state index contributed by atoms with van der Waals surface area (Å²) >= 11 is 0. The lowest BCUT2D eigenvalue weighted by Crippen LogP contribution is -2.46. The molecule has 2 amide bonds. The summed E-state index contributed by atoms with van der Waals surface area (Å²) in [5, 5.41) is 1.66. The van der Waals surface area contributed by atoms with E-state index in [2.05, 4.69) is 0 Å². The number of imide groups is 1. The SMILES string of the molecule is COc1ccc([C@@H]2N(c3ccccc3)O[C@H]3C(=O)N(c4ccc(F)cc4)C(=O)[C@]23c2ccccc2)cc1. The Labute approximate surface area is 213 Å².